The second kappa shape index (κ2) is 8.60. The molecule has 1 amide bonds. The maximum absolute atomic E-state index is 12.7. The van der Waals surface area contributed by atoms with Gasteiger partial charge < -0.3 is 10.1 Å². The van der Waals surface area contributed by atoms with Crippen molar-refractivity contribution in [3.8, 4) is 5.75 Å². The van der Waals surface area contributed by atoms with Gasteiger partial charge in [0.25, 0.3) is 5.91 Å². The Morgan fingerprint density at radius 3 is 2.56 bits per heavy atom. The number of carbonyl (C=O) groups excluding carboxylic acids is 1. The smallest absolute Gasteiger partial charge is 0.261 e. The number of benzene rings is 2. The molecule has 0 radical (unpaired) electrons. The van der Waals surface area contributed by atoms with Crippen molar-refractivity contribution >= 4 is 5.91 Å². The van der Waals surface area contributed by atoms with E-state index in [9.17, 15) is 4.79 Å². The zero-order valence-corrected chi connectivity index (χ0v) is 17.0. The van der Waals surface area contributed by atoms with Gasteiger partial charge in [-0.2, -0.15) is 0 Å². The normalized spacial score (nSPS) is 15.6. The minimum atomic E-state index is -0.530. The molecule has 3 rings (SSSR count). The van der Waals surface area contributed by atoms with E-state index >= 15 is 0 Å². The van der Waals surface area contributed by atoms with Crippen LogP contribution in [-0.4, -0.2) is 12.0 Å². The summed E-state index contributed by atoms with van der Waals surface area (Å²) in [6.45, 7) is 7.96. The predicted molar refractivity (Wildman–Crippen MR) is 110 cm³/mol. The van der Waals surface area contributed by atoms with Gasteiger partial charge in [0.15, 0.2) is 6.10 Å². The zero-order valence-electron chi connectivity index (χ0n) is 17.0. The van der Waals surface area contributed by atoms with Crippen molar-refractivity contribution < 1.29 is 9.53 Å². The quantitative estimate of drug-likeness (QED) is 0.762. The molecule has 2 aromatic carbocycles. The number of rotatable bonds is 6. The molecular weight excluding hydrogens is 334 g/mol. The summed E-state index contributed by atoms with van der Waals surface area (Å²) in [6.07, 6.45) is 5.21. The Labute approximate surface area is 163 Å². The summed E-state index contributed by atoms with van der Waals surface area (Å²) in [5.41, 5.74) is 6.29. The maximum atomic E-state index is 12.7. The Morgan fingerprint density at radius 1 is 1.07 bits per heavy atom. The second-order valence-corrected chi connectivity index (χ2v) is 7.73. The lowest BCUT2D eigenvalue weighted by atomic mass is 9.89. The predicted octanol–water partition coefficient (Wildman–Crippen LogP) is 5.22. The monoisotopic (exact) mass is 365 g/mol. The second-order valence-electron chi connectivity index (χ2n) is 7.73. The third-order valence-corrected chi connectivity index (χ3v) is 5.52. The molecule has 1 aliphatic rings. The van der Waals surface area contributed by atoms with Gasteiger partial charge in [0.2, 0.25) is 0 Å². The Morgan fingerprint density at radius 2 is 1.81 bits per heavy atom. The number of fused-ring (bicyclic) bond motifs is 1. The summed E-state index contributed by atoms with van der Waals surface area (Å²) in [4.78, 5) is 12.7. The molecule has 0 spiro atoms. The van der Waals surface area contributed by atoms with Crippen LogP contribution < -0.4 is 10.1 Å². The fourth-order valence-corrected chi connectivity index (χ4v) is 3.76. The van der Waals surface area contributed by atoms with E-state index in [0.717, 1.165) is 29.7 Å². The van der Waals surface area contributed by atoms with E-state index in [4.69, 9.17) is 4.74 Å². The van der Waals surface area contributed by atoms with Crippen molar-refractivity contribution in [1.29, 1.82) is 0 Å². The van der Waals surface area contributed by atoms with Gasteiger partial charge in [-0.25, -0.2) is 0 Å². The van der Waals surface area contributed by atoms with E-state index in [0.29, 0.717) is 0 Å². The number of nitrogens with one attached hydrogen (secondary N) is 1. The zero-order chi connectivity index (χ0) is 19.4. The van der Waals surface area contributed by atoms with Crippen LogP contribution in [0, 0.1) is 13.8 Å². The lowest BCUT2D eigenvalue weighted by molar-refractivity contribution is -0.128. The van der Waals surface area contributed by atoms with Crippen molar-refractivity contribution in [1.82, 2.24) is 5.32 Å². The van der Waals surface area contributed by atoms with Gasteiger partial charge in [0.1, 0.15) is 5.75 Å². The van der Waals surface area contributed by atoms with Crippen LogP contribution in [0.25, 0.3) is 0 Å². The minimum absolute atomic E-state index is 0.0226. The van der Waals surface area contributed by atoms with Crippen LogP contribution in [-0.2, 0) is 17.6 Å². The molecule has 0 bridgehead atoms. The van der Waals surface area contributed by atoms with E-state index in [1.165, 1.54) is 36.0 Å². The molecule has 0 unspecified atom stereocenters. The van der Waals surface area contributed by atoms with Crippen LogP contribution in [0.1, 0.15) is 67.0 Å². The summed E-state index contributed by atoms with van der Waals surface area (Å²) in [5, 5.41) is 3.18. The topological polar surface area (TPSA) is 38.3 Å². The highest BCUT2D eigenvalue weighted by Crippen LogP contribution is 2.26. The fraction of sp³-hybridized carbons (Fsp3) is 0.458. The first-order valence-electron chi connectivity index (χ1n) is 10.1. The van der Waals surface area contributed by atoms with Crippen LogP contribution >= 0.6 is 0 Å². The van der Waals surface area contributed by atoms with Gasteiger partial charge in [-0.1, -0.05) is 37.3 Å². The molecule has 0 aromatic heterocycles. The van der Waals surface area contributed by atoms with Crippen LogP contribution in [0.2, 0.25) is 0 Å². The SMILES string of the molecule is CC[C@H](NC(=O)[C@H](C)Oc1cc(C)ccc1C)c1ccc2c(c1)CCCC2. The van der Waals surface area contributed by atoms with E-state index in [1.807, 2.05) is 32.9 Å². The van der Waals surface area contributed by atoms with Crippen molar-refractivity contribution in [3.63, 3.8) is 0 Å². The lowest BCUT2D eigenvalue weighted by Gasteiger charge is -2.24. The van der Waals surface area contributed by atoms with Crippen LogP contribution in [0.15, 0.2) is 36.4 Å². The van der Waals surface area contributed by atoms with Gasteiger partial charge in [0, 0.05) is 0 Å². The summed E-state index contributed by atoms with van der Waals surface area (Å²) in [7, 11) is 0. The minimum Gasteiger partial charge on any atom is -0.481 e. The van der Waals surface area contributed by atoms with E-state index in [-0.39, 0.29) is 11.9 Å². The molecule has 0 heterocycles. The summed E-state index contributed by atoms with van der Waals surface area (Å²) in [5.74, 6) is 0.708. The standard InChI is InChI=1S/C24H31NO2/c1-5-22(21-13-12-19-8-6-7-9-20(19)15-21)25-24(26)18(4)27-23-14-16(2)10-11-17(23)3/h10-15,18,22H,5-9H2,1-4H3,(H,25,26)/t18-,22-/m0/s1. The molecule has 0 fully saturated rings. The number of ether oxygens (including phenoxy) is 1. The van der Waals surface area contributed by atoms with Gasteiger partial charge in [-0.15, -0.1) is 0 Å². The molecule has 2 aromatic rings. The first-order chi connectivity index (χ1) is 13.0. The fourth-order valence-electron chi connectivity index (χ4n) is 3.76. The Kier molecular flexibility index (Phi) is 6.20. The average molecular weight is 366 g/mol. The van der Waals surface area contributed by atoms with Crippen LogP contribution in [0.4, 0.5) is 0 Å². The van der Waals surface area contributed by atoms with Crippen molar-refractivity contribution in [2.24, 2.45) is 0 Å². The van der Waals surface area contributed by atoms with Gasteiger partial charge in [0.05, 0.1) is 6.04 Å². The molecule has 27 heavy (non-hydrogen) atoms. The van der Waals surface area contributed by atoms with Gasteiger partial charge in [-0.05, 0) is 86.8 Å². The summed E-state index contributed by atoms with van der Waals surface area (Å²) >= 11 is 0. The number of hydrogen-bond donors (Lipinski definition) is 1. The van der Waals surface area contributed by atoms with Crippen molar-refractivity contribution in [2.75, 3.05) is 0 Å². The molecule has 3 nitrogen and oxygen atoms in total. The first-order valence-corrected chi connectivity index (χ1v) is 10.1. The summed E-state index contributed by atoms with van der Waals surface area (Å²) < 4.78 is 5.95. The lowest BCUT2D eigenvalue weighted by Crippen LogP contribution is -2.38. The van der Waals surface area contributed by atoms with Crippen LogP contribution in [0.5, 0.6) is 5.75 Å². The molecule has 0 aliphatic heterocycles. The molecule has 0 saturated heterocycles. The highest BCUT2D eigenvalue weighted by atomic mass is 16.5. The molecule has 1 aliphatic carbocycles. The molecule has 3 heteroatoms. The van der Waals surface area contributed by atoms with Gasteiger partial charge in [-0.3, -0.25) is 4.79 Å². The molecular formula is C24H31NO2. The third kappa shape index (κ3) is 4.71. The van der Waals surface area contributed by atoms with Gasteiger partial charge >= 0.3 is 0 Å². The van der Waals surface area contributed by atoms with Crippen molar-refractivity contribution in [2.45, 2.75) is 71.9 Å². The molecule has 2 atom stereocenters. The number of aryl methyl sites for hydroxylation is 4. The first kappa shape index (κ1) is 19.5. The number of carbonyl (C=O) groups is 1. The van der Waals surface area contributed by atoms with Crippen molar-refractivity contribution in [3.05, 3.63) is 64.2 Å². The number of amides is 1. The molecule has 0 saturated carbocycles. The Balaban J connectivity index is 1.68. The highest BCUT2D eigenvalue weighted by Gasteiger charge is 2.21. The maximum Gasteiger partial charge on any atom is 0.261 e. The third-order valence-electron chi connectivity index (χ3n) is 5.52. The average Bonchev–Trinajstić information content (AvgIpc) is 2.68. The summed E-state index contributed by atoms with van der Waals surface area (Å²) in [6, 6.07) is 12.8. The molecule has 144 valence electrons. The number of hydrogen-bond acceptors (Lipinski definition) is 2. The van der Waals surface area contributed by atoms with E-state index in [1.54, 1.807) is 0 Å². The van der Waals surface area contributed by atoms with E-state index < -0.39 is 6.10 Å². The molecule has 1 N–H and O–H groups in total. The van der Waals surface area contributed by atoms with E-state index in [2.05, 4.69) is 36.5 Å². The Bertz CT molecular complexity index is 812. The Hall–Kier alpha value is -2.29. The largest absolute Gasteiger partial charge is 0.481 e. The highest BCUT2D eigenvalue weighted by molar-refractivity contribution is 5.81. The van der Waals surface area contributed by atoms with Crippen LogP contribution in [0.3, 0.4) is 0 Å².